The van der Waals surface area contributed by atoms with Gasteiger partial charge in [0.15, 0.2) is 0 Å². The van der Waals surface area contributed by atoms with Crippen molar-refractivity contribution in [1.29, 1.82) is 0 Å². The lowest BCUT2D eigenvalue weighted by atomic mass is 10.2. The summed E-state index contributed by atoms with van der Waals surface area (Å²) in [5.41, 5.74) is 1.46. The smallest absolute Gasteiger partial charge is 0.274 e. The molecule has 0 radical (unpaired) electrons. The van der Waals surface area contributed by atoms with Crippen molar-refractivity contribution in [2.75, 3.05) is 5.32 Å². The largest absolute Gasteiger partial charge is 0.367 e. The molecule has 0 aliphatic carbocycles. The highest BCUT2D eigenvalue weighted by Gasteiger charge is 2.20. The minimum absolute atomic E-state index is 0.0815. The maximum Gasteiger partial charge on any atom is 0.274 e. The Balaban J connectivity index is 2.14. The Morgan fingerprint density at radius 2 is 1.78 bits per heavy atom. The average Bonchev–Trinajstić information content (AvgIpc) is 2.53. The van der Waals surface area contributed by atoms with Crippen LogP contribution >= 0.6 is 0 Å². The number of nitrogens with zero attached hydrogens (tertiary/aromatic N) is 3. The third kappa shape index (κ3) is 4.77. The molecule has 1 amide bonds. The fourth-order valence-corrected chi connectivity index (χ4v) is 2.22. The predicted octanol–water partition coefficient (Wildman–Crippen LogP) is 3.35. The molecule has 0 saturated carbocycles. The average molecular weight is 312 g/mol. The van der Waals surface area contributed by atoms with E-state index in [9.17, 15) is 4.79 Å². The number of carbonyl (C=O) groups is 1. The van der Waals surface area contributed by atoms with E-state index in [-0.39, 0.29) is 18.0 Å². The van der Waals surface area contributed by atoms with Crippen molar-refractivity contribution in [2.24, 2.45) is 0 Å². The van der Waals surface area contributed by atoms with Crippen LogP contribution in [0.2, 0.25) is 0 Å². The molecule has 0 atom stereocenters. The first kappa shape index (κ1) is 16.9. The molecular formula is C18H24N4O. The van der Waals surface area contributed by atoms with Crippen LogP contribution in [-0.2, 0) is 6.54 Å². The predicted molar refractivity (Wildman–Crippen MR) is 92.2 cm³/mol. The van der Waals surface area contributed by atoms with Gasteiger partial charge < -0.3 is 10.2 Å². The van der Waals surface area contributed by atoms with Crippen molar-refractivity contribution in [3.05, 3.63) is 54.0 Å². The monoisotopic (exact) mass is 312 g/mol. The van der Waals surface area contributed by atoms with Crippen molar-refractivity contribution in [3.63, 3.8) is 0 Å². The van der Waals surface area contributed by atoms with E-state index in [4.69, 9.17) is 0 Å². The molecule has 0 fully saturated rings. The second kappa shape index (κ2) is 7.72. The number of nitrogens with one attached hydrogen (secondary N) is 1. The van der Waals surface area contributed by atoms with Gasteiger partial charge in [-0.25, -0.2) is 9.97 Å². The molecule has 0 saturated heterocycles. The molecule has 0 bridgehead atoms. The minimum Gasteiger partial charge on any atom is -0.367 e. The van der Waals surface area contributed by atoms with Crippen molar-refractivity contribution in [2.45, 2.75) is 46.3 Å². The van der Waals surface area contributed by atoms with Crippen LogP contribution in [0.25, 0.3) is 0 Å². The normalized spacial score (nSPS) is 10.9. The van der Waals surface area contributed by atoms with Gasteiger partial charge in [-0.1, -0.05) is 30.3 Å². The molecular weight excluding hydrogens is 288 g/mol. The fraction of sp³-hybridized carbons (Fsp3) is 0.389. The number of hydrogen-bond donors (Lipinski definition) is 1. The molecule has 1 aromatic heterocycles. The second-order valence-corrected chi connectivity index (χ2v) is 6.10. The molecule has 5 nitrogen and oxygen atoms in total. The molecule has 23 heavy (non-hydrogen) atoms. The highest BCUT2D eigenvalue weighted by atomic mass is 16.2. The minimum atomic E-state index is -0.104. The van der Waals surface area contributed by atoms with Gasteiger partial charge in [0, 0.05) is 18.6 Å². The van der Waals surface area contributed by atoms with Crippen LogP contribution in [0.5, 0.6) is 0 Å². The summed E-state index contributed by atoms with van der Waals surface area (Å²) in [7, 11) is 0. The third-order valence-electron chi connectivity index (χ3n) is 3.39. The molecule has 0 unspecified atom stereocenters. The van der Waals surface area contributed by atoms with Gasteiger partial charge in [0.25, 0.3) is 5.91 Å². The van der Waals surface area contributed by atoms with Crippen molar-refractivity contribution < 1.29 is 4.79 Å². The van der Waals surface area contributed by atoms with E-state index in [0.717, 1.165) is 5.56 Å². The summed E-state index contributed by atoms with van der Waals surface area (Å²) >= 11 is 0. The van der Waals surface area contributed by atoms with Gasteiger partial charge >= 0.3 is 0 Å². The fourth-order valence-electron chi connectivity index (χ4n) is 2.22. The van der Waals surface area contributed by atoms with E-state index in [0.29, 0.717) is 18.1 Å². The number of anilines is 1. The first-order valence-corrected chi connectivity index (χ1v) is 7.91. The lowest BCUT2D eigenvalue weighted by Gasteiger charge is -2.26. The topological polar surface area (TPSA) is 58.1 Å². The quantitative estimate of drug-likeness (QED) is 0.888. The molecule has 1 heterocycles. The van der Waals surface area contributed by atoms with E-state index >= 15 is 0 Å². The van der Waals surface area contributed by atoms with Crippen LogP contribution in [0.4, 0.5) is 5.82 Å². The zero-order valence-electron chi connectivity index (χ0n) is 14.2. The van der Waals surface area contributed by atoms with E-state index in [1.165, 1.54) is 6.20 Å². The van der Waals surface area contributed by atoms with Crippen LogP contribution in [0.1, 0.15) is 43.7 Å². The lowest BCUT2D eigenvalue weighted by Crippen LogP contribution is -2.37. The van der Waals surface area contributed by atoms with E-state index in [2.05, 4.69) is 15.3 Å². The Bertz CT molecular complexity index is 623. The Labute approximate surface area is 137 Å². The Morgan fingerprint density at radius 1 is 1.09 bits per heavy atom. The Morgan fingerprint density at radius 3 is 2.30 bits per heavy atom. The standard InChI is InChI=1S/C18H24N4O/c1-13(2)21-17-11-19-16(10-20-17)18(23)22(14(3)4)12-15-8-6-5-7-9-15/h5-11,13-14H,12H2,1-4H3,(H,20,21). The Kier molecular flexibility index (Phi) is 5.68. The zero-order chi connectivity index (χ0) is 16.8. The summed E-state index contributed by atoms with van der Waals surface area (Å²) in [6.45, 7) is 8.62. The highest BCUT2D eigenvalue weighted by Crippen LogP contribution is 2.13. The molecule has 122 valence electrons. The summed E-state index contributed by atoms with van der Waals surface area (Å²) in [6.07, 6.45) is 3.14. The molecule has 0 spiro atoms. The van der Waals surface area contributed by atoms with Gasteiger partial charge in [0.2, 0.25) is 0 Å². The van der Waals surface area contributed by atoms with E-state index in [1.807, 2.05) is 58.0 Å². The van der Waals surface area contributed by atoms with Crippen LogP contribution in [-0.4, -0.2) is 32.9 Å². The molecule has 0 aliphatic rings. The van der Waals surface area contributed by atoms with E-state index in [1.54, 1.807) is 11.1 Å². The van der Waals surface area contributed by atoms with Crippen LogP contribution in [0, 0.1) is 0 Å². The third-order valence-corrected chi connectivity index (χ3v) is 3.39. The first-order valence-electron chi connectivity index (χ1n) is 7.91. The number of carbonyl (C=O) groups excluding carboxylic acids is 1. The number of benzene rings is 1. The highest BCUT2D eigenvalue weighted by molar-refractivity contribution is 5.92. The zero-order valence-corrected chi connectivity index (χ0v) is 14.2. The SMILES string of the molecule is CC(C)Nc1cnc(C(=O)N(Cc2ccccc2)C(C)C)cn1. The van der Waals surface area contributed by atoms with Crippen molar-refractivity contribution in [1.82, 2.24) is 14.9 Å². The van der Waals surface area contributed by atoms with Gasteiger partial charge in [-0.15, -0.1) is 0 Å². The summed E-state index contributed by atoms with van der Waals surface area (Å²) in [4.78, 5) is 23.1. The summed E-state index contributed by atoms with van der Waals surface area (Å²) in [5.74, 6) is 0.572. The van der Waals surface area contributed by atoms with Crippen LogP contribution in [0.15, 0.2) is 42.7 Å². The molecule has 1 aromatic carbocycles. The molecule has 2 rings (SSSR count). The number of amides is 1. The maximum absolute atomic E-state index is 12.7. The Hall–Kier alpha value is -2.43. The molecule has 2 aromatic rings. The molecule has 0 aliphatic heterocycles. The van der Waals surface area contributed by atoms with Crippen LogP contribution < -0.4 is 5.32 Å². The van der Waals surface area contributed by atoms with E-state index < -0.39 is 0 Å². The molecule has 5 heteroatoms. The number of hydrogen-bond acceptors (Lipinski definition) is 4. The van der Waals surface area contributed by atoms with Crippen molar-refractivity contribution in [3.8, 4) is 0 Å². The molecule has 1 N–H and O–H groups in total. The van der Waals surface area contributed by atoms with Gasteiger partial charge in [-0.2, -0.15) is 0 Å². The summed E-state index contributed by atoms with van der Waals surface area (Å²) < 4.78 is 0. The summed E-state index contributed by atoms with van der Waals surface area (Å²) in [6, 6.07) is 10.3. The van der Waals surface area contributed by atoms with Crippen LogP contribution in [0.3, 0.4) is 0 Å². The number of aromatic nitrogens is 2. The van der Waals surface area contributed by atoms with Gasteiger partial charge in [0.05, 0.1) is 12.4 Å². The lowest BCUT2D eigenvalue weighted by molar-refractivity contribution is 0.0684. The van der Waals surface area contributed by atoms with Gasteiger partial charge in [-0.3, -0.25) is 4.79 Å². The van der Waals surface area contributed by atoms with Crippen molar-refractivity contribution >= 4 is 11.7 Å². The maximum atomic E-state index is 12.7. The van der Waals surface area contributed by atoms with Gasteiger partial charge in [-0.05, 0) is 33.3 Å². The first-order chi connectivity index (χ1) is 11.0. The second-order valence-electron chi connectivity index (χ2n) is 6.10. The number of rotatable bonds is 6. The summed E-state index contributed by atoms with van der Waals surface area (Å²) in [5, 5.41) is 3.16. The van der Waals surface area contributed by atoms with Gasteiger partial charge in [0.1, 0.15) is 11.5 Å².